The molecule has 3 rings (SSSR count). The third kappa shape index (κ3) is 3.52. The summed E-state index contributed by atoms with van der Waals surface area (Å²) in [5.74, 6) is 2.75. The zero-order valence-corrected chi connectivity index (χ0v) is 14.8. The molecule has 0 aromatic carbocycles. The molecule has 2 aromatic heterocycles. The average molecular weight is 349 g/mol. The van der Waals surface area contributed by atoms with E-state index < -0.39 is 6.10 Å². The number of thioether (sulfide) groups is 1. The van der Waals surface area contributed by atoms with Crippen molar-refractivity contribution in [2.75, 3.05) is 19.3 Å². The number of rotatable bonds is 5. The Bertz CT molecular complexity index is 689. The van der Waals surface area contributed by atoms with Crippen molar-refractivity contribution in [3.63, 3.8) is 0 Å². The van der Waals surface area contributed by atoms with Crippen LogP contribution in [0.5, 0.6) is 0 Å². The minimum atomic E-state index is -0.584. The highest BCUT2D eigenvalue weighted by atomic mass is 32.2. The van der Waals surface area contributed by atoms with Gasteiger partial charge >= 0.3 is 0 Å². The highest BCUT2D eigenvalue weighted by Crippen LogP contribution is 2.30. The van der Waals surface area contributed by atoms with Gasteiger partial charge in [-0.05, 0) is 37.1 Å². The zero-order chi connectivity index (χ0) is 17.1. The molecule has 0 radical (unpaired) electrons. The van der Waals surface area contributed by atoms with Gasteiger partial charge in [-0.15, -0.1) is 0 Å². The summed E-state index contributed by atoms with van der Waals surface area (Å²) < 4.78 is 7.46. The summed E-state index contributed by atoms with van der Waals surface area (Å²) in [6.45, 7) is 1.26. The second-order valence-electron chi connectivity index (χ2n) is 6.17. The van der Waals surface area contributed by atoms with Crippen molar-refractivity contribution in [3.8, 4) is 0 Å². The van der Waals surface area contributed by atoms with Crippen LogP contribution in [0.3, 0.4) is 0 Å². The molecule has 2 aromatic rings. The number of carbonyl (C=O) groups is 1. The number of aromatic nitrogens is 2. The molecule has 130 valence electrons. The van der Waals surface area contributed by atoms with Gasteiger partial charge in [0, 0.05) is 32.5 Å². The number of hydrogen-bond acceptors (Lipinski definition) is 5. The number of aryl methyl sites for hydroxylation is 1. The Morgan fingerprint density at radius 3 is 2.83 bits per heavy atom. The number of furan rings is 1. The lowest BCUT2D eigenvalue weighted by atomic mass is 9.90. The van der Waals surface area contributed by atoms with Gasteiger partial charge in [0.15, 0.2) is 5.76 Å². The van der Waals surface area contributed by atoms with Gasteiger partial charge in [-0.2, -0.15) is 11.8 Å². The largest absolute Gasteiger partial charge is 0.455 e. The van der Waals surface area contributed by atoms with Gasteiger partial charge in [0.05, 0.1) is 5.75 Å². The van der Waals surface area contributed by atoms with Gasteiger partial charge in [0.1, 0.15) is 17.7 Å². The summed E-state index contributed by atoms with van der Waals surface area (Å²) in [5, 5.41) is 10.5. The van der Waals surface area contributed by atoms with Gasteiger partial charge < -0.3 is 19.0 Å². The number of nitrogens with zero attached hydrogens (tertiary/aromatic N) is 3. The third-order valence-corrected chi connectivity index (χ3v) is 5.13. The minimum Gasteiger partial charge on any atom is -0.455 e. The number of carbonyl (C=O) groups excluding carboxylic acids is 1. The molecular weight excluding hydrogens is 326 g/mol. The minimum absolute atomic E-state index is 0.0627. The summed E-state index contributed by atoms with van der Waals surface area (Å²) in [7, 11) is 1.88. The smallest absolute Gasteiger partial charge is 0.289 e. The fraction of sp³-hybridized carbons (Fsp3) is 0.529. The Balaban J connectivity index is 1.58. The molecule has 0 saturated carbocycles. The molecule has 6 nitrogen and oxygen atoms in total. The number of hydrogen-bond donors (Lipinski definition) is 1. The summed E-state index contributed by atoms with van der Waals surface area (Å²) in [6, 6.07) is 3.62. The maximum absolute atomic E-state index is 12.5. The molecule has 1 saturated heterocycles. The lowest BCUT2D eigenvalue weighted by Gasteiger charge is -2.33. The zero-order valence-electron chi connectivity index (χ0n) is 14.0. The molecule has 1 aliphatic heterocycles. The Morgan fingerprint density at radius 1 is 1.46 bits per heavy atom. The van der Waals surface area contributed by atoms with E-state index in [4.69, 9.17) is 4.42 Å². The Morgan fingerprint density at radius 2 is 2.21 bits per heavy atom. The van der Waals surface area contributed by atoms with Crippen LogP contribution >= 0.6 is 11.8 Å². The fourth-order valence-electron chi connectivity index (χ4n) is 3.16. The molecule has 3 heterocycles. The van der Waals surface area contributed by atoms with Crippen molar-refractivity contribution in [2.24, 2.45) is 13.0 Å². The lowest BCUT2D eigenvalue weighted by molar-refractivity contribution is 0.0402. The number of imidazole rings is 1. The first-order valence-electron chi connectivity index (χ1n) is 8.12. The quantitative estimate of drug-likeness (QED) is 0.898. The Hall–Kier alpha value is -1.73. The molecule has 0 aliphatic carbocycles. The predicted molar refractivity (Wildman–Crippen MR) is 92.7 cm³/mol. The van der Waals surface area contributed by atoms with Crippen molar-refractivity contribution in [3.05, 3.63) is 41.9 Å². The summed E-state index contributed by atoms with van der Waals surface area (Å²) >= 11 is 1.66. The lowest BCUT2D eigenvalue weighted by Crippen LogP contribution is -2.39. The maximum Gasteiger partial charge on any atom is 0.289 e. The van der Waals surface area contributed by atoms with Crippen LogP contribution in [0.1, 0.15) is 41.1 Å². The van der Waals surface area contributed by atoms with Crippen molar-refractivity contribution in [1.82, 2.24) is 14.5 Å². The molecule has 1 fully saturated rings. The van der Waals surface area contributed by atoms with E-state index in [1.807, 2.05) is 35.0 Å². The Labute approximate surface area is 145 Å². The van der Waals surface area contributed by atoms with E-state index in [2.05, 4.69) is 4.98 Å². The summed E-state index contributed by atoms with van der Waals surface area (Å²) in [4.78, 5) is 18.6. The van der Waals surface area contributed by atoms with Gasteiger partial charge in [0.25, 0.3) is 5.91 Å². The first kappa shape index (κ1) is 17.1. The van der Waals surface area contributed by atoms with Crippen LogP contribution in [0.15, 0.2) is 28.9 Å². The first-order chi connectivity index (χ1) is 11.6. The van der Waals surface area contributed by atoms with Crippen LogP contribution in [0, 0.1) is 5.92 Å². The normalized spacial score (nSPS) is 17.2. The van der Waals surface area contributed by atoms with E-state index in [0.717, 1.165) is 24.4 Å². The molecular formula is C17H23N3O3S. The number of piperidine rings is 1. The summed E-state index contributed by atoms with van der Waals surface area (Å²) in [5.41, 5.74) is 0. The third-order valence-electron chi connectivity index (χ3n) is 4.56. The number of likely N-dealkylation sites (tertiary alicyclic amines) is 1. The van der Waals surface area contributed by atoms with E-state index in [-0.39, 0.29) is 11.8 Å². The highest BCUT2D eigenvalue weighted by molar-refractivity contribution is 7.97. The van der Waals surface area contributed by atoms with E-state index in [1.165, 1.54) is 0 Å². The molecule has 0 spiro atoms. The van der Waals surface area contributed by atoms with Gasteiger partial charge in [0.2, 0.25) is 0 Å². The van der Waals surface area contributed by atoms with Crippen molar-refractivity contribution < 1.29 is 14.3 Å². The van der Waals surface area contributed by atoms with Gasteiger partial charge in [-0.25, -0.2) is 4.98 Å². The monoisotopic (exact) mass is 349 g/mol. The van der Waals surface area contributed by atoms with Crippen LogP contribution in [-0.2, 0) is 12.8 Å². The molecule has 1 atom stereocenters. The van der Waals surface area contributed by atoms with Crippen LogP contribution < -0.4 is 0 Å². The summed E-state index contributed by atoms with van der Waals surface area (Å²) in [6.07, 6.45) is 6.47. The van der Waals surface area contributed by atoms with E-state index >= 15 is 0 Å². The predicted octanol–water partition coefficient (Wildman–Crippen LogP) is 2.46. The number of aliphatic hydroxyl groups is 1. The maximum atomic E-state index is 12.5. The van der Waals surface area contributed by atoms with Crippen molar-refractivity contribution in [2.45, 2.75) is 24.7 Å². The van der Waals surface area contributed by atoms with Crippen molar-refractivity contribution in [1.29, 1.82) is 0 Å². The highest BCUT2D eigenvalue weighted by Gasteiger charge is 2.31. The van der Waals surface area contributed by atoms with Crippen LogP contribution in [0.2, 0.25) is 0 Å². The van der Waals surface area contributed by atoms with Gasteiger partial charge in [-0.3, -0.25) is 4.79 Å². The molecule has 1 aliphatic rings. The molecule has 7 heteroatoms. The van der Waals surface area contributed by atoms with Crippen LogP contribution in [0.25, 0.3) is 0 Å². The number of amides is 1. The topological polar surface area (TPSA) is 71.5 Å². The molecule has 1 amide bonds. The van der Waals surface area contributed by atoms with Crippen LogP contribution in [0.4, 0.5) is 0 Å². The molecule has 0 unspecified atom stereocenters. The van der Waals surface area contributed by atoms with Crippen molar-refractivity contribution >= 4 is 17.7 Å². The van der Waals surface area contributed by atoms with Gasteiger partial charge in [-0.1, -0.05) is 0 Å². The molecule has 1 N–H and O–H groups in total. The van der Waals surface area contributed by atoms with E-state index in [1.54, 1.807) is 24.0 Å². The molecule has 24 heavy (non-hydrogen) atoms. The standard InChI is InChI=1S/C17H23N3O3S/c1-19-10-7-18-16(19)15(21)12-5-8-20(9-6-12)17(22)14-4-3-13(23-14)11-24-2/h3-4,7,10,12,15,21H,5-6,8-9,11H2,1-2H3/t15-/m0/s1. The second kappa shape index (κ2) is 7.44. The van der Waals surface area contributed by atoms with E-state index in [0.29, 0.717) is 24.7 Å². The van der Waals surface area contributed by atoms with Crippen LogP contribution in [-0.4, -0.2) is 44.8 Å². The molecule has 0 bridgehead atoms. The SMILES string of the molecule is CSCc1ccc(C(=O)N2CCC([C@H](O)c3nccn3C)CC2)o1. The number of aliphatic hydroxyl groups excluding tert-OH is 1. The van der Waals surface area contributed by atoms with E-state index in [9.17, 15) is 9.90 Å². The average Bonchev–Trinajstić information content (AvgIpc) is 3.23. The Kier molecular flexibility index (Phi) is 5.30. The fourth-order valence-corrected chi connectivity index (χ4v) is 3.60. The first-order valence-corrected chi connectivity index (χ1v) is 9.51. The second-order valence-corrected chi connectivity index (χ2v) is 7.04.